The maximum atomic E-state index is 13.4. The molecule has 196 valence electrons. The van der Waals surface area contributed by atoms with E-state index in [1.807, 2.05) is 45.9 Å². The van der Waals surface area contributed by atoms with E-state index in [0.29, 0.717) is 12.0 Å². The van der Waals surface area contributed by atoms with Crippen molar-refractivity contribution in [3.63, 3.8) is 0 Å². The van der Waals surface area contributed by atoms with E-state index in [9.17, 15) is 19.2 Å². The van der Waals surface area contributed by atoms with Gasteiger partial charge < -0.3 is 25.0 Å². The SMILES string of the molecule is CCOC(=O)CCNC(=O)C(c1ccc(C)cc1C)N(C(=O)CNC(=O)OC(C)(C)C)C(C)CC. The number of hydrogen-bond donors (Lipinski definition) is 2. The summed E-state index contributed by atoms with van der Waals surface area (Å²) in [7, 11) is 0. The number of esters is 1. The molecule has 2 atom stereocenters. The Bertz CT molecular complexity index is 894. The standard InChI is InChI=1S/C26H41N3O6/c1-9-19(5)29(21(30)16-28-25(33)35-26(6,7)8)23(20-12-11-17(3)15-18(20)4)24(32)27-14-13-22(31)34-10-2/h11-12,15,19,23H,9-10,13-14,16H2,1-8H3,(H,27,32)(H,28,33). The van der Waals surface area contributed by atoms with Gasteiger partial charge in [-0.3, -0.25) is 14.4 Å². The van der Waals surface area contributed by atoms with Crippen molar-refractivity contribution in [2.45, 2.75) is 85.9 Å². The highest BCUT2D eigenvalue weighted by Crippen LogP contribution is 2.28. The maximum absolute atomic E-state index is 13.4. The fraction of sp³-hybridized carbons (Fsp3) is 0.615. The summed E-state index contributed by atoms with van der Waals surface area (Å²) < 4.78 is 10.2. The molecule has 35 heavy (non-hydrogen) atoms. The average Bonchev–Trinajstić information content (AvgIpc) is 2.75. The van der Waals surface area contributed by atoms with Gasteiger partial charge in [0.05, 0.1) is 13.0 Å². The molecule has 0 aliphatic rings. The van der Waals surface area contributed by atoms with Crippen LogP contribution in [-0.4, -0.2) is 60.1 Å². The predicted octanol–water partition coefficient (Wildman–Crippen LogP) is 3.57. The molecule has 0 aromatic heterocycles. The zero-order chi connectivity index (χ0) is 26.8. The summed E-state index contributed by atoms with van der Waals surface area (Å²) >= 11 is 0. The van der Waals surface area contributed by atoms with E-state index in [4.69, 9.17) is 9.47 Å². The van der Waals surface area contributed by atoms with Gasteiger partial charge in [0, 0.05) is 12.6 Å². The Morgan fingerprint density at radius 3 is 2.26 bits per heavy atom. The first-order chi connectivity index (χ1) is 16.3. The summed E-state index contributed by atoms with van der Waals surface area (Å²) in [6, 6.07) is 4.43. The molecule has 0 saturated heterocycles. The molecule has 0 heterocycles. The van der Waals surface area contributed by atoms with Gasteiger partial charge in [-0.25, -0.2) is 4.79 Å². The van der Waals surface area contributed by atoms with Gasteiger partial charge >= 0.3 is 12.1 Å². The van der Waals surface area contributed by atoms with Crippen LogP contribution in [-0.2, 0) is 23.9 Å². The molecule has 0 bridgehead atoms. The minimum Gasteiger partial charge on any atom is -0.466 e. The van der Waals surface area contributed by atoms with Crippen LogP contribution in [0.2, 0.25) is 0 Å². The number of hydrogen-bond acceptors (Lipinski definition) is 6. The lowest BCUT2D eigenvalue weighted by Gasteiger charge is -2.36. The molecule has 1 aromatic rings. The number of ether oxygens (including phenoxy) is 2. The van der Waals surface area contributed by atoms with Crippen molar-refractivity contribution >= 4 is 23.9 Å². The Morgan fingerprint density at radius 2 is 1.71 bits per heavy atom. The number of amides is 3. The first-order valence-electron chi connectivity index (χ1n) is 12.1. The zero-order valence-electron chi connectivity index (χ0n) is 22.3. The molecule has 0 fully saturated rings. The lowest BCUT2D eigenvalue weighted by molar-refractivity contribution is -0.144. The second-order valence-corrected chi connectivity index (χ2v) is 9.52. The molecule has 0 spiro atoms. The van der Waals surface area contributed by atoms with Crippen molar-refractivity contribution in [2.24, 2.45) is 0 Å². The second kappa shape index (κ2) is 13.7. The third-order valence-corrected chi connectivity index (χ3v) is 5.32. The molecule has 1 rings (SSSR count). The summed E-state index contributed by atoms with van der Waals surface area (Å²) in [6.07, 6.45) is -0.0938. The van der Waals surface area contributed by atoms with Gasteiger partial charge in [-0.05, 0) is 66.0 Å². The highest BCUT2D eigenvalue weighted by atomic mass is 16.6. The van der Waals surface area contributed by atoms with Crippen molar-refractivity contribution in [3.05, 3.63) is 34.9 Å². The third-order valence-electron chi connectivity index (χ3n) is 5.32. The van der Waals surface area contributed by atoms with Gasteiger partial charge in [0.15, 0.2) is 0 Å². The number of alkyl carbamates (subject to hydrolysis) is 1. The lowest BCUT2D eigenvalue weighted by atomic mass is 9.95. The van der Waals surface area contributed by atoms with E-state index in [-0.39, 0.29) is 32.2 Å². The van der Waals surface area contributed by atoms with Crippen LogP contribution in [0.25, 0.3) is 0 Å². The molecular formula is C26H41N3O6. The molecule has 9 heteroatoms. The molecular weight excluding hydrogens is 450 g/mol. The van der Waals surface area contributed by atoms with Gasteiger partial charge in [0.1, 0.15) is 18.2 Å². The van der Waals surface area contributed by atoms with Crippen LogP contribution in [0.5, 0.6) is 0 Å². The van der Waals surface area contributed by atoms with Crippen molar-refractivity contribution in [3.8, 4) is 0 Å². The number of aryl methyl sites for hydroxylation is 2. The normalized spacial score (nSPS) is 12.8. The Morgan fingerprint density at radius 1 is 1.06 bits per heavy atom. The number of rotatable bonds is 11. The van der Waals surface area contributed by atoms with E-state index in [0.717, 1.165) is 11.1 Å². The number of benzene rings is 1. The molecule has 0 radical (unpaired) electrons. The lowest BCUT2D eigenvalue weighted by Crippen LogP contribution is -2.51. The Balaban J connectivity index is 3.24. The molecule has 0 aliphatic heterocycles. The Kier molecular flexibility index (Phi) is 11.7. The van der Waals surface area contributed by atoms with Crippen LogP contribution in [0.1, 0.15) is 77.1 Å². The molecule has 2 unspecified atom stereocenters. The monoisotopic (exact) mass is 491 g/mol. The van der Waals surface area contributed by atoms with Crippen LogP contribution in [0.4, 0.5) is 4.79 Å². The minimum atomic E-state index is -0.944. The highest BCUT2D eigenvalue weighted by molar-refractivity contribution is 5.91. The van der Waals surface area contributed by atoms with Crippen LogP contribution in [0.15, 0.2) is 18.2 Å². The first-order valence-corrected chi connectivity index (χ1v) is 12.1. The third kappa shape index (κ3) is 9.96. The molecule has 0 aliphatic carbocycles. The summed E-state index contributed by atoms with van der Waals surface area (Å²) in [6.45, 7) is 14.6. The summed E-state index contributed by atoms with van der Waals surface area (Å²) in [5.74, 6) is -1.24. The topological polar surface area (TPSA) is 114 Å². The number of carbonyl (C=O) groups is 4. The Labute approximate surface area is 208 Å². The van der Waals surface area contributed by atoms with Gasteiger partial charge in [-0.1, -0.05) is 30.7 Å². The molecule has 2 N–H and O–H groups in total. The predicted molar refractivity (Wildman–Crippen MR) is 134 cm³/mol. The van der Waals surface area contributed by atoms with Crippen LogP contribution < -0.4 is 10.6 Å². The fourth-order valence-electron chi connectivity index (χ4n) is 3.56. The van der Waals surface area contributed by atoms with Crippen LogP contribution in [0.3, 0.4) is 0 Å². The molecule has 9 nitrogen and oxygen atoms in total. The van der Waals surface area contributed by atoms with Gasteiger partial charge in [-0.2, -0.15) is 0 Å². The number of carbonyl (C=O) groups excluding carboxylic acids is 4. The van der Waals surface area contributed by atoms with E-state index >= 15 is 0 Å². The Hall–Kier alpha value is -3.10. The summed E-state index contributed by atoms with van der Waals surface area (Å²) in [4.78, 5) is 52.1. The van der Waals surface area contributed by atoms with Crippen molar-refractivity contribution in [1.29, 1.82) is 0 Å². The molecule has 0 saturated carbocycles. The van der Waals surface area contributed by atoms with Crippen molar-refractivity contribution < 1.29 is 28.7 Å². The minimum absolute atomic E-state index is 0.0245. The molecule has 3 amide bonds. The summed E-state index contributed by atoms with van der Waals surface area (Å²) in [5.41, 5.74) is 1.86. The van der Waals surface area contributed by atoms with E-state index in [1.165, 1.54) is 4.90 Å². The van der Waals surface area contributed by atoms with Gasteiger partial charge in [0.2, 0.25) is 11.8 Å². The van der Waals surface area contributed by atoms with Crippen molar-refractivity contribution in [2.75, 3.05) is 19.7 Å². The van der Waals surface area contributed by atoms with Crippen molar-refractivity contribution in [1.82, 2.24) is 15.5 Å². The number of nitrogens with zero attached hydrogens (tertiary/aromatic N) is 1. The quantitative estimate of drug-likeness (QED) is 0.458. The summed E-state index contributed by atoms with van der Waals surface area (Å²) in [5, 5.41) is 5.27. The molecule has 1 aromatic carbocycles. The largest absolute Gasteiger partial charge is 0.466 e. The fourth-order valence-corrected chi connectivity index (χ4v) is 3.56. The highest BCUT2D eigenvalue weighted by Gasteiger charge is 2.35. The average molecular weight is 492 g/mol. The van der Waals surface area contributed by atoms with E-state index in [1.54, 1.807) is 27.7 Å². The van der Waals surface area contributed by atoms with Gasteiger partial charge in [0.25, 0.3) is 0 Å². The number of nitrogens with one attached hydrogen (secondary N) is 2. The van der Waals surface area contributed by atoms with E-state index in [2.05, 4.69) is 10.6 Å². The van der Waals surface area contributed by atoms with Crippen LogP contribution >= 0.6 is 0 Å². The second-order valence-electron chi connectivity index (χ2n) is 9.52. The van der Waals surface area contributed by atoms with E-state index < -0.39 is 35.5 Å². The smallest absolute Gasteiger partial charge is 0.408 e. The van der Waals surface area contributed by atoms with Gasteiger partial charge in [-0.15, -0.1) is 0 Å². The first kappa shape index (κ1) is 29.9. The van der Waals surface area contributed by atoms with Crippen LogP contribution in [0, 0.1) is 13.8 Å². The maximum Gasteiger partial charge on any atom is 0.408 e. The zero-order valence-corrected chi connectivity index (χ0v) is 22.3.